The molecule has 0 radical (unpaired) electrons. The van der Waals surface area contributed by atoms with Crippen LogP contribution >= 0.6 is 11.6 Å². The summed E-state index contributed by atoms with van der Waals surface area (Å²) in [6.45, 7) is 2.09. The van der Waals surface area contributed by atoms with E-state index in [-0.39, 0.29) is 30.2 Å². The van der Waals surface area contributed by atoms with Gasteiger partial charge >= 0.3 is 6.18 Å². The molecule has 2 aromatic carbocycles. The number of rotatable bonds is 6. The van der Waals surface area contributed by atoms with Crippen LogP contribution in [0.25, 0.3) is 0 Å². The number of nitrogens with one attached hydrogen (secondary N) is 1. The Hall–Kier alpha value is -2.45. The van der Waals surface area contributed by atoms with Gasteiger partial charge in [0.2, 0.25) is 5.91 Å². The number of carbonyl (C=O) groups excluding carboxylic acids is 1. The third kappa shape index (κ3) is 5.48. The molecule has 1 aliphatic rings. The van der Waals surface area contributed by atoms with E-state index in [1.807, 2.05) is 25.1 Å². The highest BCUT2D eigenvalue weighted by atomic mass is 35.5. The Morgan fingerprint density at radius 1 is 1.12 bits per heavy atom. The number of hydrogen-bond donors (Lipinski definition) is 1. The highest BCUT2D eigenvalue weighted by Crippen LogP contribution is 2.39. The van der Waals surface area contributed by atoms with Crippen molar-refractivity contribution in [2.75, 3.05) is 26.1 Å². The Morgan fingerprint density at radius 3 is 2.50 bits per heavy atom. The normalized spacial score (nSPS) is 19.5. The second-order valence-electron chi connectivity index (χ2n) is 7.82. The smallest absolute Gasteiger partial charge is 0.417 e. The van der Waals surface area contributed by atoms with Gasteiger partial charge in [-0.1, -0.05) is 24.1 Å². The maximum absolute atomic E-state index is 13.1. The molecule has 5 nitrogen and oxygen atoms in total. The average Bonchev–Trinajstić information content (AvgIpc) is 2.75. The first-order valence-corrected chi connectivity index (χ1v) is 10.7. The van der Waals surface area contributed by atoms with Crippen molar-refractivity contribution in [3.63, 3.8) is 0 Å². The monoisotopic (exact) mass is 470 g/mol. The number of halogens is 4. The lowest BCUT2D eigenvalue weighted by atomic mass is 9.91. The van der Waals surface area contributed by atoms with Crippen LogP contribution in [0.3, 0.4) is 0 Å². The summed E-state index contributed by atoms with van der Waals surface area (Å²) in [4.78, 5) is 14.8. The van der Waals surface area contributed by atoms with Crippen LogP contribution in [0.4, 0.5) is 18.9 Å². The summed E-state index contributed by atoms with van der Waals surface area (Å²) in [6.07, 6.45) is -1.81. The molecule has 0 spiro atoms. The lowest BCUT2D eigenvalue weighted by Crippen LogP contribution is -2.44. The lowest BCUT2D eigenvalue weighted by Gasteiger charge is -2.40. The van der Waals surface area contributed by atoms with E-state index in [4.69, 9.17) is 21.1 Å². The Balaban J connectivity index is 1.79. The van der Waals surface area contributed by atoms with Crippen LogP contribution in [0.15, 0.2) is 36.4 Å². The Morgan fingerprint density at radius 2 is 1.84 bits per heavy atom. The van der Waals surface area contributed by atoms with Gasteiger partial charge in [0.05, 0.1) is 31.4 Å². The zero-order valence-corrected chi connectivity index (χ0v) is 18.9. The van der Waals surface area contributed by atoms with Gasteiger partial charge in [-0.25, -0.2) is 0 Å². The molecule has 3 rings (SSSR count). The van der Waals surface area contributed by atoms with Crippen LogP contribution in [0.1, 0.15) is 43.4 Å². The number of piperidine rings is 1. The number of nitrogens with zero attached hydrogens (tertiary/aromatic N) is 1. The molecule has 2 aromatic rings. The van der Waals surface area contributed by atoms with E-state index in [9.17, 15) is 18.0 Å². The van der Waals surface area contributed by atoms with E-state index in [0.29, 0.717) is 11.5 Å². The molecule has 174 valence electrons. The van der Waals surface area contributed by atoms with Gasteiger partial charge < -0.3 is 14.8 Å². The molecule has 32 heavy (non-hydrogen) atoms. The number of alkyl halides is 3. The summed E-state index contributed by atoms with van der Waals surface area (Å²) in [6, 6.07) is 9.13. The number of anilines is 1. The molecule has 1 aliphatic heterocycles. The fourth-order valence-electron chi connectivity index (χ4n) is 4.12. The number of ether oxygens (including phenoxy) is 2. The van der Waals surface area contributed by atoms with Crippen molar-refractivity contribution < 1.29 is 27.4 Å². The van der Waals surface area contributed by atoms with E-state index in [1.54, 1.807) is 14.2 Å². The minimum Gasteiger partial charge on any atom is -0.493 e. The van der Waals surface area contributed by atoms with Crippen molar-refractivity contribution in [1.29, 1.82) is 0 Å². The number of carbonyl (C=O) groups is 1. The van der Waals surface area contributed by atoms with Crippen LogP contribution in [-0.2, 0) is 11.0 Å². The molecule has 0 saturated carbocycles. The van der Waals surface area contributed by atoms with E-state index >= 15 is 0 Å². The second-order valence-corrected chi connectivity index (χ2v) is 8.23. The Bertz CT molecular complexity index is 968. The second kappa shape index (κ2) is 10.0. The fraction of sp³-hybridized carbons (Fsp3) is 0.435. The van der Waals surface area contributed by atoms with E-state index < -0.39 is 16.8 Å². The largest absolute Gasteiger partial charge is 0.493 e. The molecule has 9 heteroatoms. The van der Waals surface area contributed by atoms with Crippen LogP contribution in [0.2, 0.25) is 5.02 Å². The maximum Gasteiger partial charge on any atom is 0.417 e. The third-order valence-electron chi connectivity index (χ3n) is 5.74. The molecule has 0 bridgehead atoms. The molecular formula is C23H26ClF3N2O3. The van der Waals surface area contributed by atoms with Gasteiger partial charge in [-0.15, -0.1) is 0 Å². The molecule has 1 heterocycles. The molecule has 1 amide bonds. The lowest BCUT2D eigenvalue weighted by molar-refractivity contribution is -0.137. The average molecular weight is 471 g/mol. The first-order valence-electron chi connectivity index (χ1n) is 10.3. The predicted octanol–water partition coefficient (Wildman–Crippen LogP) is 5.93. The van der Waals surface area contributed by atoms with Crippen LogP contribution in [0.5, 0.6) is 11.5 Å². The molecule has 1 saturated heterocycles. The Kier molecular flexibility index (Phi) is 7.56. The number of benzene rings is 2. The molecule has 2 atom stereocenters. The third-order valence-corrected chi connectivity index (χ3v) is 6.07. The standard InChI is InChI=1S/C23H26ClF3N2O3/c1-14-5-4-6-19(15-7-10-20(31-2)21(11-15)32-3)29(14)13-22(30)28-16-8-9-18(24)17(12-16)23(25,26)27/h7-12,14,19H,4-6,13H2,1-3H3,(H,28,30). The zero-order valence-electron chi connectivity index (χ0n) is 18.1. The topological polar surface area (TPSA) is 50.8 Å². The Labute approximate surface area is 190 Å². The van der Waals surface area contributed by atoms with Crippen LogP contribution in [0, 0.1) is 0 Å². The minimum atomic E-state index is -4.60. The molecule has 0 aromatic heterocycles. The summed E-state index contributed by atoms with van der Waals surface area (Å²) >= 11 is 5.67. The van der Waals surface area contributed by atoms with Crippen LogP contribution < -0.4 is 14.8 Å². The summed E-state index contributed by atoms with van der Waals surface area (Å²) < 4.78 is 50.1. The van der Waals surface area contributed by atoms with Gasteiger partial charge in [0, 0.05) is 17.8 Å². The number of methoxy groups -OCH3 is 2. The van der Waals surface area contributed by atoms with Crippen molar-refractivity contribution >= 4 is 23.2 Å². The fourth-order valence-corrected chi connectivity index (χ4v) is 4.34. The van der Waals surface area contributed by atoms with Gasteiger partial charge in [-0.05, 0) is 55.7 Å². The van der Waals surface area contributed by atoms with Gasteiger partial charge in [0.25, 0.3) is 0 Å². The SMILES string of the molecule is COc1ccc(C2CCCC(C)N2CC(=O)Nc2ccc(Cl)c(C(F)(F)F)c2)cc1OC. The molecule has 0 aliphatic carbocycles. The first-order chi connectivity index (χ1) is 15.1. The van der Waals surface area contributed by atoms with E-state index in [2.05, 4.69) is 10.2 Å². The van der Waals surface area contributed by atoms with Gasteiger partial charge in [-0.3, -0.25) is 9.69 Å². The quantitative estimate of drug-likeness (QED) is 0.568. The molecule has 1 fully saturated rings. The van der Waals surface area contributed by atoms with E-state index in [1.165, 1.54) is 6.07 Å². The number of amides is 1. The van der Waals surface area contributed by atoms with Crippen molar-refractivity contribution in [3.05, 3.63) is 52.5 Å². The summed E-state index contributed by atoms with van der Waals surface area (Å²) in [5.74, 6) is 0.834. The highest BCUT2D eigenvalue weighted by Gasteiger charge is 2.34. The zero-order chi connectivity index (χ0) is 23.5. The number of likely N-dealkylation sites (tertiary alicyclic amines) is 1. The predicted molar refractivity (Wildman–Crippen MR) is 117 cm³/mol. The van der Waals surface area contributed by atoms with Crippen molar-refractivity contribution in [2.24, 2.45) is 0 Å². The van der Waals surface area contributed by atoms with Crippen molar-refractivity contribution in [3.8, 4) is 11.5 Å². The van der Waals surface area contributed by atoms with Crippen molar-refractivity contribution in [1.82, 2.24) is 4.90 Å². The van der Waals surface area contributed by atoms with Crippen molar-refractivity contribution in [2.45, 2.75) is 44.4 Å². The summed E-state index contributed by atoms with van der Waals surface area (Å²) in [5, 5.41) is 2.17. The number of hydrogen-bond acceptors (Lipinski definition) is 4. The first kappa shape index (κ1) is 24.2. The van der Waals surface area contributed by atoms with Gasteiger partial charge in [0.15, 0.2) is 11.5 Å². The molecule has 2 unspecified atom stereocenters. The maximum atomic E-state index is 13.1. The molecular weight excluding hydrogens is 445 g/mol. The van der Waals surface area contributed by atoms with Gasteiger partial charge in [-0.2, -0.15) is 13.2 Å². The molecule has 1 N–H and O–H groups in total. The van der Waals surface area contributed by atoms with Crippen LogP contribution in [-0.4, -0.2) is 37.6 Å². The summed E-state index contributed by atoms with van der Waals surface area (Å²) in [7, 11) is 3.13. The van der Waals surface area contributed by atoms with E-state index in [0.717, 1.165) is 37.0 Å². The summed E-state index contributed by atoms with van der Waals surface area (Å²) in [5.41, 5.74) is 0.0680. The van der Waals surface area contributed by atoms with Gasteiger partial charge in [0.1, 0.15) is 0 Å². The minimum absolute atomic E-state index is 0.0275. The highest BCUT2D eigenvalue weighted by molar-refractivity contribution is 6.31.